The Labute approximate surface area is 113 Å². The lowest BCUT2D eigenvalue weighted by molar-refractivity contribution is -0.138. The second kappa shape index (κ2) is 7.09. The van der Waals surface area contributed by atoms with Gasteiger partial charge in [0.25, 0.3) is 0 Å². The molecular weight excluding hydrogens is 246 g/mol. The van der Waals surface area contributed by atoms with Crippen LogP contribution in [0.15, 0.2) is 23.1 Å². The van der Waals surface area contributed by atoms with Crippen molar-refractivity contribution in [2.45, 2.75) is 40.5 Å². The van der Waals surface area contributed by atoms with Gasteiger partial charge in [-0.05, 0) is 19.3 Å². The van der Waals surface area contributed by atoms with Gasteiger partial charge in [0.15, 0.2) is 5.78 Å². The van der Waals surface area contributed by atoms with Crippen LogP contribution in [-0.2, 0) is 19.2 Å². The molecule has 5 heteroatoms. The van der Waals surface area contributed by atoms with Crippen molar-refractivity contribution >= 4 is 11.8 Å². The van der Waals surface area contributed by atoms with E-state index in [1.165, 1.54) is 6.08 Å². The molecule has 0 unspecified atom stereocenters. The Morgan fingerprint density at radius 2 is 2.05 bits per heavy atom. The first kappa shape index (κ1) is 15.4. The molecule has 0 aromatic heterocycles. The molecule has 19 heavy (non-hydrogen) atoms. The van der Waals surface area contributed by atoms with Crippen LogP contribution in [0.3, 0.4) is 0 Å². The number of hydrogen-bond acceptors (Lipinski definition) is 5. The van der Waals surface area contributed by atoms with Crippen molar-refractivity contribution in [3.05, 3.63) is 23.1 Å². The maximum atomic E-state index is 12.0. The smallest absolute Gasteiger partial charge is 0.349 e. The SMILES string of the molecule is CCONC(CC)=C1C(=O)C=C(CC(C)C)OC1=O. The van der Waals surface area contributed by atoms with Crippen molar-refractivity contribution < 1.29 is 19.2 Å². The zero-order valence-electron chi connectivity index (χ0n) is 11.9. The Morgan fingerprint density at radius 1 is 1.37 bits per heavy atom. The van der Waals surface area contributed by atoms with Gasteiger partial charge in [-0.2, -0.15) is 0 Å². The number of allylic oxidation sites excluding steroid dienone is 3. The van der Waals surface area contributed by atoms with Gasteiger partial charge in [0.05, 0.1) is 12.3 Å². The van der Waals surface area contributed by atoms with Gasteiger partial charge in [0.1, 0.15) is 11.3 Å². The molecule has 0 aliphatic carbocycles. The number of ether oxygens (including phenoxy) is 1. The number of carbonyl (C=O) groups excluding carboxylic acids is 2. The Morgan fingerprint density at radius 3 is 2.53 bits per heavy atom. The second-order valence-corrected chi connectivity index (χ2v) is 4.70. The minimum Gasteiger partial charge on any atom is -0.427 e. The molecule has 0 fully saturated rings. The van der Waals surface area contributed by atoms with Gasteiger partial charge in [-0.25, -0.2) is 4.79 Å². The molecule has 5 nitrogen and oxygen atoms in total. The molecule has 0 saturated carbocycles. The predicted molar refractivity (Wildman–Crippen MR) is 70.7 cm³/mol. The van der Waals surface area contributed by atoms with Crippen molar-refractivity contribution in [3.8, 4) is 0 Å². The molecule has 0 atom stereocenters. The van der Waals surface area contributed by atoms with Crippen molar-refractivity contribution in [3.63, 3.8) is 0 Å². The minimum absolute atomic E-state index is 0.0310. The second-order valence-electron chi connectivity index (χ2n) is 4.70. The van der Waals surface area contributed by atoms with E-state index in [1.807, 2.05) is 27.7 Å². The van der Waals surface area contributed by atoms with Crippen LogP contribution in [0, 0.1) is 5.92 Å². The molecule has 1 N–H and O–H groups in total. The first-order chi connectivity index (χ1) is 8.99. The highest BCUT2D eigenvalue weighted by atomic mass is 16.6. The molecule has 1 aliphatic heterocycles. The van der Waals surface area contributed by atoms with Crippen LogP contribution < -0.4 is 5.48 Å². The summed E-state index contributed by atoms with van der Waals surface area (Å²) in [4.78, 5) is 29.0. The normalized spacial score (nSPS) is 18.3. The van der Waals surface area contributed by atoms with Crippen LogP contribution in [0.25, 0.3) is 0 Å². The molecule has 1 rings (SSSR count). The highest BCUT2D eigenvalue weighted by Crippen LogP contribution is 2.22. The molecule has 0 bridgehead atoms. The van der Waals surface area contributed by atoms with E-state index in [0.29, 0.717) is 36.8 Å². The Hall–Kier alpha value is -1.62. The average molecular weight is 267 g/mol. The quantitative estimate of drug-likeness (QED) is 0.346. The van der Waals surface area contributed by atoms with Gasteiger partial charge in [0.2, 0.25) is 0 Å². The third-order valence-corrected chi connectivity index (χ3v) is 2.57. The highest BCUT2D eigenvalue weighted by molar-refractivity contribution is 6.24. The van der Waals surface area contributed by atoms with Crippen LogP contribution in [0.1, 0.15) is 40.5 Å². The zero-order chi connectivity index (χ0) is 14.4. The molecule has 0 aromatic rings. The fraction of sp³-hybridized carbons (Fsp3) is 0.571. The van der Waals surface area contributed by atoms with Gasteiger partial charge in [0, 0.05) is 12.5 Å². The molecule has 0 aromatic carbocycles. The Kier molecular flexibility index (Phi) is 5.76. The van der Waals surface area contributed by atoms with Crippen LogP contribution >= 0.6 is 0 Å². The fourth-order valence-corrected chi connectivity index (χ4v) is 1.75. The number of hydroxylamine groups is 1. The van der Waals surface area contributed by atoms with Crippen molar-refractivity contribution in [2.24, 2.45) is 5.92 Å². The lowest BCUT2D eigenvalue weighted by Gasteiger charge is -2.19. The summed E-state index contributed by atoms with van der Waals surface area (Å²) >= 11 is 0. The van der Waals surface area contributed by atoms with E-state index in [2.05, 4.69) is 5.48 Å². The van der Waals surface area contributed by atoms with Gasteiger partial charge in [-0.15, -0.1) is 0 Å². The van der Waals surface area contributed by atoms with E-state index in [1.54, 1.807) is 0 Å². The number of rotatable bonds is 6. The summed E-state index contributed by atoms with van der Waals surface area (Å²) in [6, 6.07) is 0. The molecule has 0 radical (unpaired) electrons. The molecule has 106 valence electrons. The summed E-state index contributed by atoms with van der Waals surface area (Å²) < 4.78 is 5.19. The third kappa shape index (κ3) is 4.21. The molecule has 0 saturated heterocycles. The minimum atomic E-state index is -0.604. The molecule has 1 heterocycles. The Balaban J connectivity index is 2.98. The van der Waals surface area contributed by atoms with Crippen LogP contribution in [-0.4, -0.2) is 18.4 Å². The summed E-state index contributed by atoms with van der Waals surface area (Å²) in [5.74, 6) is -0.173. The lowest BCUT2D eigenvalue weighted by Crippen LogP contribution is -2.27. The third-order valence-electron chi connectivity index (χ3n) is 2.57. The van der Waals surface area contributed by atoms with Gasteiger partial charge < -0.3 is 4.74 Å². The number of ketones is 1. The van der Waals surface area contributed by atoms with Gasteiger partial charge in [-0.3, -0.25) is 15.1 Å². The van der Waals surface area contributed by atoms with E-state index in [9.17, 15) is 9.59 Å². The molecule has 0 amide bonds. The zero-order valence-corrected chi connectivity index (χ0v) is 11.9. The van der Waals surface area contributed by atoms with Crippen molar-refractivity contribution in [1.29, 1.82) is 0 Å². The number of hydrogen-bond donors (Lipinski definition) is 1. The summed E-state index contributed by atoms with van der Waals surface area (Å²) in [7, 11) is 0. The summed E-state index contributed by atoms with van der Waals surface area (Å²) in [5.41, 5.74) is 3.12. The van der Waals surface area contributed by atoms with Crippen LogP contribution in [0.5, 0.6) is 0 Å². The molecule has 1 aliphatic rings. The first-order valence-electron chi connectivity index (χ1n) is 6.57. The lowest BCUT2D eigenvalue weighted by atomic mass is 10.0. The number of carbonyl (C=O) groups is 2. The first-order valence-corrected chi connectivity index (χ1v) is 6.57. The van der Waals surface area contributed by atoms with E-state index in [0.717, 1.165) is 0 Å². The molecular formula is C14H21NO4. The maximum Gasteiger partial charge on any atom is 0.349 e. The maximum absolute atomic E-state index is 12.0. The van der Waals surface area contributed by atoms with E-state index >= 15 is 0 Å². The highest BCUT2D eigenvalue weighted by Gasteiger charge is 2.29. The van der Waals surface area contributed by atoms with E-state index in [-0.39, 0.29) is 11.4 Å². The number of esters is 1. The number of cyclic esters (lactones) is 1. The van der Waals surface area contributed by atoms with Gasteiger partial charge in [-0.1, -0.05) is 20.8 Å². The largest absolute Gasteiger partial charge is 0.427 e. The fourth-order valence-electron chi connectivity index (χ4n) is 1.75. The summed E-state index contributed by atoms with van der Waals surface area (Å²) in [6.45, 7) is 8.08. The number of nitrogens with one attached hydrogen (secondary N) is 1. The van der Waals surface area contributed by atoms with E-state index in [4.69, 9.17) is 9.57 Å². The monoisotopic (exact) mass is 267 g/mol. The summed E-state index contributed by atoms with van der Waals surface area (Å²) in [5, 5.41) is 0. The van der Waals surface area contributed by atoms with Crippen molar-refractivity contribution in [1.82, 2.24) is 5.48 Å². The topological polar surface area (TPSA) is 64.6 Å². The Bertz CT molecular complexity index is 421. The van der Waals surface area contributed by atoms with Crippen LogP contribution in [0.2, 0.25) is 0 Å². The van der Waals surface area contributed by atoms with Crippen molar-refractivity contribution in [2.75, 3.05) is 6.61 Å². The average Bonchev–Trinajstić information content (AvgIpc) is 2.31. The van der Waals surface area contributed by atoms with E-state index < -0.39 is 5.97 Å². The van der Waals surface area contributed by atoms with Crippen LogP contribution in [0.4, 0.5) is 0 Å². The van der Waals surface area contributed by atoms with Gasteiger partial charge >= 0.3 is 5.97 Å². The summed E-state index contributed by atoms with van der Waals surface area (Å²) in [6.07, 6.45) is 2.45. The molecule has 0 spiro atoms. The predicted octanol–water partition coefficient (Wildman–Crippen LogP) is 2.25. The standard InChI is InChI=1S/C14H21NO4/c1-5-11(15-18-6-2)13-12(16)8-10(7-9(3)4)19-14(13)17/h8-9,15H,5-7H2,1-4H3.